The van der Waals surface area contributed by atoms with E-state index in [1.807, 2.05) is 4.90 Å². The summed E-state index contributed by atoms with van der Waals surface area (Å²) in [5.41, 5.74) is 0. The van der Waals surface area contributed by atoms with Gasteiger partial charge in [-0.25, -0.2) is 4.79 Å². The van der Waals surface area contributed by atoms with E-state index in [1.54, 1.807) is 0 Å². The fraction of sp³-hybridized carbons (Fsp3) is 0.941. The van der Waals surface area contributed by atoms with Gasteiger partial charge in [0.15, 0.2) is 0 Å². The van der Waals surface area contributed by atoms with E-state index in [9.17, 15) is 4.79 Å². The summed E-state index contributed by atoms with van der Waals surface area (Å²) < 4.78 is 0. The van der Waals surface area contributed by atoms with Gasteiger partial charge in [0.05, 0.1) is 0 Å². The quantitative estimate of drug-likeness (QED) is 0.850. The lowest BCUT2D eigenvalue weighted by atomic mass is 9.92. The molecule has 0 radical (unpaired) electrons. The van der Waals surface area contributed by atoms with E-state index in [-0.39, 0.29) is 6.03 Å². The van der Waals surface area contributed by atoms with Crippen molar-refractivity contribution in [1.29, 1.82) is 0 Å². The number of nitrogens with one attached hydrogen (secondary N) is 1. The number of carbonyl (C=O) groups is 1. The molecule has 4 nitrogen and oxygen atoms in total. The molecule has 2 atom stereocenters. The summed E-state index contributed by atoms with van der Waals surface area (Å²) in [5, 5.41) is 3.30. The molecule has 0 bridgehead atoms. The Morgan fingerprint density at radius 3 is 2.48 bits per heavy atom. The van der Waals surface area contributed by atoms with Gasteiger partial charge in [0.2, 0.25) is 0 Å². The molecule has 0 aromatic carbocycles. The first-order chi connectivity index (χ1) is 10.2. The van der Waals surface area contributed by atoms with Crippen LogP contribution in [0.5, 0.6) is 0 Å². The molecule has 1 saturated carbocycles. The predicted molar refractivity (Wildman–Crippen MR) is 85.4 cm³/mol. The van der Waals surface area contributed by atoms with E-state index in [0.717, 1.165) is 38.5 Å². The molecule has 1 N–H and O–H groups in total. The maximum atomic E-state index is 12.3. The molecule has 3 aliphatic rings. The summed E-state index contributed by atoms with van der Waals surface area (Å²) in [6.45, 7) is 6.41. The molecule has 120 valence electrons. The third kappa shape index (κ3) is 3.91. The minimum Gasteiger partial charge on any atom is -0.334 e. The SMILES string of the molecule is CC1CCN(C(=O)NC2CCCN(C3CCCCC3)C2)C1. The van der Waals surface area contributed by atoms with Gasteiger partial charge in [0, 0.05) is 31.7 Å². The monoisotopic (exact) mass is 293 g/mol. The Kier molecular flexibility index (Phi) is 5.04. The molecular weight excluding hydrogens is 262 g/mol. The topological polar surface area (TPSA) is 35.6 Å². The number of hydrogen-bond acceptors (Lipinski definition) is 2. The Morgan fingerprint density at radius 2 is 1.76 bits per heavy atom. The number of likely N-dealkylation sites (tertiary alicyclic amines) is 2. The average molecular weight is 293 g/mol. The second-order valence-corrected chi connectivity index (χ2v) is 7.42. The molecule has 21 heavy (non-hydrogen) atoms. The van der Waals surface area contributed by atoms with Crippen LogP contribution in [0.2, 0.25) is 0 Å². The molecule has 3 rings (SSSR count). The molecule has 0 aromatic rings. The zero-order valence-corrected chi connectivity index (χ0v) is 13.5. The summed E-state index contributed by atoms with van der Waals surface area (Å²) in [6.07, 6.45) is 10.5. The fourth-order valence-corrected chi connectivity index (χ4v) is 4.29. The highest BCUT2D eigenvalue weighted by Gasteiger charge is 2.29. The smallest absolute Gasteiger partial charge is 0.317 e. The molecule has 3 fully saturated rings. The Morgan fingerprint density at radius 1 is 0.952 bits per heavy atom. The van der Waals surface area contributed by atoms with E-state index < -0.39 is 0 Å². The van der Waals surface area contributed by atoms with Crippen molar-refractivity contribution in [2.45, 2.75) is 70.4 Å². The van der Waals surface area contributed by atoms with Crippen LogP contribution < -0.4 is 5.32 Å². The van der Waals surface area contributed by atoms with Gasteiger partial charge < -0.3 is 10.2 Å². The number of hydrogen-bond donors (Lipinski definition) is 1. The first-order valence-corrected chi connectivity index (χ1v) is 9.02. The van der Waals surface area contributed by atoms with Crippen LogP contribution in [0.4, 0.5) is 4.79 Å². The number of carbonyl (C=O) groups excluding carboxylic acids is 1. The van der Waals surface area contributed by atoms with E-state index in [1.165, 1.54) is 45.1 Å². The summed E-state index contributed by atoms with van der Waals surface area (Å²) in [5.74, 6) is 0.667. The lowest BCUT2D eigenvalue weighted by Gasteiger charge is -2.40. The molecule has 1 aliphatic carbocycles. The van der Waals surface area contributed by atoms with E-state index >= 15 is 0 Å². The lowest BCUT2D eigenvalue weighted by Crippen LogP contribution is -2.53. The summed E-state index contributed by atoms with van der Waals surface area (Å²) in [6, 6.07) is 1.32. The predicted octanol–water partition coefficient (Wildman–Crippen LogP) is 2.83. The van der Waals surface area contributed by atoms with Crippen molar-refractivity contribution in [2.24, 2.45) is 5.92 Å². The molecule has 0 aromatic heterocycles. The molecule has 2 heterocycles. The molecule has 0 spiro atoms. The zero-order valence-electron chi connectivity index (χ0n) is 13.5. The third-order valence-electron chi connectivity index (χ3n) is 5.58. The van der Waals surface area contributed by atoms with Crippen molar-refractivity contribution < 1.29 is 4.79 Å². The van der Waals surface area contributed by atoms with E-state index in [4.69, 9.17) is 0 Å². The van der Waals surface area contributed by atoms with Gasteiger partial charge in [-0.3, -0.25) is 4.90 Å². The Hall–Kier alpha value is -0.770. The van der Waals surface area contributed by atoms with Crippen LogP contribution in [-0.4, -0.2) is 54.1 Å². The van der Waals surface area contributed by atoms with Crippen molar-refractivity contribution in [1.82, 2.24) is 15.1 Å². The number of piperidine rings is 1. The van der Waals surface area contributed by atoms with Crippen molar-refractivity contribution >= 4 is 6.03 Å². The summed E-state index contributed by atoms with van der Waals surface area (Å²) >= 11 is 0. The number of urea groups is 1. The molecule has 2 aliphatic heterocycles. The normalized spacial score (nSPS) is 32.3. The van der Waals surface area contributed by atoms with Gasteiger partial charge in [0.25, 0.3) is 0 Å². The Labute approximate surface area is 129 Å². The first-order valence-electron chi connectivity index (χ1n) is 9.02. The van der Waals surface area contributed by atoms with Crippen LogP contribution in [0.1, 0.15) is 58.3 Å². The van der Waals surface area contributed by atoms with E-state index in [0.29, 0.717) is 12.0 Å². The van der Waals surface area contributed by atoms with Gasteiger partial charge in [-0.1, -0.05) is 26.2 Å². The minimum absolute atomic E-state index is 0.176. The third-order valence-corrected chi connectivity index (χ3v) is 5.58. The number of nitrogens with zero attached hydrogens (tertiary/aromatic N) is 2. The minimum atomic E-state index is 0.176. The van der Waals surface area contributed by atoms with Crippen molar-refractivity contribution in [3.63, 3.8) is 0 Å². The van der Waals surface area contributed by atoms with Gasteiger partial charge in [-0.05, 0) is 44.6 Å². The highest BCUT2D eigenvalue weighted by atomic mass is 16.2. The van der Waals surface area contributed by atoms with E-state index in [2.05, 4.69) is 17.1 Å². The number of rotatable bonds is 2. The second kappa shape index (κ2) is 6.99. The highest BCUT2D eigenvalue weighted by Crippen LogP contribution is 2.25. The molecule has 4 heteroatoms. The molecule has 2 unspecified atom stereocenters. The maximum Gasteiger partial charge on any atom is 0.317 e. The maximum absolute atomic E-state index is 12.3. The summed E-state index contributed by atoms with van der Waals surface area (Å²) in [4.78, 5) is 17.0. The Balaban J connectivity index is 1.48. The van der Waals surface area contributed by atoms with Gasteiger partial charge >= 0.3 is 6.03 Å². The first kappa shape index (κ1) is 15.1. The van der Waals surface area contributed by atoms with Crippen LogP contribution in [0.3, 0.4) is 0 Å². The lowest BCUT2D eigenvalue weighted by molar-refractivity contribution is 0.109. The average Bonchev–Trinajstić information content (AvgIpc) is 2.95. The van der Waals surface area contributed by atoms with Crippen LogP contribution >= 0.6 is 0 Å². The van der Waals surface area contributed by atoms with Crippen LogP contribution in [0, 0.1) is 5.92 Å². The van der Waals surface area contributed by atoms with Crippen LogP contribution in [0.15, 0.2) is 0 Å². The largest absolute Gasteiger partial charge is 0.334 e. The van der Waals surface area contributed by atoms with Crippen LogP contribution in [-0.2, 0) is 0 Å². The van der Waals surface area contributed by atoms with Crippen molar-refractivity contribution in [3.8, 4) is 0 Å². The fourth-order valence-electron chi connectivity index (χ4n) is 4.29. The standard InChI is InChI=1S/C17H31N3O/c1-14-9-11-20(12-14)17(21)18-15-6-5-10-19(13-15)16-7-3-2-4-8-16/h14-16H,2-13H2,1H3,(H,18,21). The zero-order chi connectivity index (χ0) is 14.7. The summed E-state index contributed by atoms with van der Waals surface area (Å²) in [7, 11) is 0. The van der Waals surface area contributed by atoms with Gasteiger partial charge in [0.1, 0.15) is 0 Å². The highest BCUT2D eigenvalue weighted by molar-refractivity contribution is 5.74. The van der Waals surface area contributed by atoms with Crippen molar-refractivity contribution in [3.05, 3.63) is 0 Å². The molecule has 2 amide bonds. The van der Waals surface area contributed by atoms with Gasteiger partial charge in [-0.15, -0.1) is 0 Å². The molecule has 2 saturated heterocycles. The second-order valence-electron chi connectivity index (χ2n) is 7.42. The van der Waals surface area contributed by atoms with Gasteiger partial charge in [-0.2, -0.15) is 0 Å². The molecular formula is C17H31N3O. The number of amides is 2. The van der Waals surface area contributed by atoms with Crippen LogP contribution in [0.25, 0.3) is 0 Å². The Bertz CT molecular complexity index is 354. The van der Waals surface area contributed by atoms with Crippen molar-refractivity contribution in [2.75, 3.05) is 26.2 Å².